The van der Waals surface area contributed by atoms with Crippen molar-refractivity contribution in [1.82, 2.24) is 0 Å². The quantitative estimate of drug-likeness (QED) is 0.0790. The first-order chi connectivity index (χ1) is 18.4. The Bertz CT molecular complexity index is 349. The minimum atomic E-state index is 0.583. The van der Waals surface area contributed by atoms with Crippen molar-refractivity contribution in [3.05, 3.63) is 0 Å². The van der Waals surface area contributed by atoms with Crippen molar-refractivity contribution in [2.45, 2.75) is 123 Å². The molecule has 0 N–H and O–H groups in total. The van der Waals surface area contributed by atoms with Crippen molar-refractivity contribution in [3.63, 3.8) is 0 Å². The molecule has 0 aromatic heterocycles. The highest BCUT2D eigenvalue weighted by atomic mass is 16.6. The van der Waals surface area contributed by atoms with Gasteiger partial charge in [-0.05, 0) is 12.8 Å². The van der Waals surface area contributed by atoms with Crippen molar-refractivity contribution in [2.75, 3.05) is 79.3 Å². The molecule has 0 unspecified atom stereocenters. The van der Waals surface area contributed by atoms with Crippen molar-refractivity contribution < 1.29 is 28.4 Å². The molecule has 0 aromatic rings. The standard InChI is InChI=1S/C31H64O6/c1-3-5-7-9-11-12-13-14-15-17-19-21-33-23-25-35-27-29-37-31-30-36-28-26-34-24-22-32-20-18-16-10-8-6-4-2/h3-31H2,1-2H3. The summed E-state index contributed by atoms with van der Waals surface area (Å²) in [6.45, 7) is 12.4. The maximum atomic E-state index is 5.65. The molecule has 0 aliphatic carbocycles. The Morgan fingerprint density at radius 2 is 0.405 bits per heavy atom. The SMILES string of the molecule is CCCCCCCCCCCCCOCCOCCOCCOCCOCCOCCCCCCCC. The average molecular weight is 533 g/mol. The van der Waals surface area contributed by atoms with Crippen molar-refractivity contribution >= 4 is 0 Å². The van der Waals surface area contributed by atoms with Crippen LogP contribution in [0.1, 0.15) is 123 Å². The molecule has 0 atom stereocenters. The van der Waals surface area contributed by atoms with E-state index in [-0.39, 0.29) is 0 Å². The van der Waals surface area contributed by atoms with Gasteiger partial charge in [-0.1, -0.05) is 110 Å². The van der Waals surface area contributed by atoms with Crippen LogP contribution in [0.5, 0.6) is 0 Å². The van der Waals surface area contributed by atoms with Gasteiger partial charge in [0.25, 0.3) is 0 Å². The van der Waals surface area contributed by atoms with Crippen LogP contribution < -0.4 is 0 Å². The highest BCUT2D eigenvalue weighted by Gasteiger charge is 1.96. The van der Waals surface area contributed by atoms with E-state index in [0.717, 1.165) is 26.1 Å². The highest BCUT2D eigenvalue weighted by molar-refractivity contribution is 4.48. The number of hydrogen-bond acceptors (Lipinski definition) is 6. The van der Waals surface area contributed by atoms with E-state index in [0.29, 0.717) is 66.1 Å². The monoisotopic (exact) mass is 532 g/mol. The first kappa shape index (κ1) is 36.8. The van der Waals surface area contributed by atoms with Crippen LogP contribution in [-0.2, 0) is 28.4 Å². The molecule has 6 nitrogen and oxygen atoms in total. The maximum Gasteiger partial charge on any atom is 0.0701 e. The smallest absolute Gasteiger partial charge is 0.0701 e. The molecule has 0 fully saturated rings. The molecule has 0 heterocycles. The molecule has 224 valence electrons. The van der Waals surface area contributed by atoms with E-state index in [1.165, 1.54) is 96.3 Å². The maximum absolute atomic E-state index is 5.65. The molecule has 0 aromatic carbocycles. The van der Waals surface area contributed by atoms with E-state index in [9.17, 15) is 0 Å². The van der Waals surface area contributed by atoms with Crippen LogP contribution in [0.4, 0.5) is 0 Å². The summed E-state index contributed by atoms with van der Waals surface area (Å²) in [7, 11) is 0. The normalized spacial score (nSPS) is 11.5. The van der Waals surface area contributed by atoms with Gasteiger partial charge < -0.3 is 28.4 Å². The molecular formula is C31H64O6. The highest BCUT2D eigenvalue weighted by Crippen LogP contribution is 2.11. The fourth-order valence-corrected chi connectivity index (χ4v) is 4.05. The Kier molecular flexibility index (Phi) is 35.5. The summed E-state index contributed by atoms with van der Waals surface area (Å²) in [5.41, 5.74) is 0. The summed E-state index contributed by atoms with van der Waals surface area (Å²) in [4.78, 5) is 0. The van der Waals surface area contributed by atoms with Crippen LogP contribution in [0.15, 0.2) is 0 Å². The molecule has 0 spiro atoms. The fourth-order valence-electron chi connectivity index (χ4n) is 4.05. The van der Waals surface area contributed by atoms with Crippen LogP contribution in [0.2, 0.25) is 0 Å². The van der Waals surface area contributed by atoms with Gasteiger partial charge in [-0.15, -0.1) is 0 Å². The second-order valence-corrected chi connectivity index (χ2v) is 9.98. The molecule has 0 aliphatic heterocycles. The summed E-state index contributed by atoms with van der Waals surface area (Å²) in [6, 6.07) is 0. The first-order valence-electron chi connectivity index (χ1n) is 15.9. The topological polar surface area (TPSA) is 55.4 Å². The van der Waals surface area contributed by atoms with Gasteiger partial charge in [0.1, 0.15) is 0 Å². The van der Waals surface area contributed by atoms with Crippen LogP contribution >= 0.6 is 0 Å². The van der Waals surface area contributed by atoms with E-state index in [1.54, 1.807) is 0 Å². The molecule has 0 aliphatic rings. The third kappa shape index (κ3) is 35.8. The van der Waals surface area contributed by atoms with E-state index >= 15 is 0 Å². The van der Waals surface area contributed by atoms with Gasteiger partial charge in [-0.3, -0.25) is 0 Å². The molecule has 6 heteroatoms. The zero-order chi connectivity index (χ0) is 26.7. The predicted octanol–water partition coefficient (Wildman–Crippen LogP) is 7.76. The molecule has 0 rings (SSSR count). The summed E-state index contributed by atoms with van der Waals surface area (Å²) in [5.74, 6) is 0. The lowest BCUT2D eigenvalue weighted by atomic mass is 10.1. The molecule has 0 amide bonds. The first-order valence-corrected chi connectivity index (χ1v) is 15.9. The lowest BCUT2D eigenvalue weighted by Gasteiger charge is -2.08. The molecule has 37 heavy (non-hydrogen) atoms. The van der Waals surface area contributed by atoms with Gasteiger partial charge in [0, 0.05) is 13.2 Å². The summed E-state index contributed by atoms with van der Waals surface area (Å²) >= 11 is 0. The summed E-state index contributed by atoms with van der Waals surface area (Å²) in [5, 5.41) is 0. The lowest BCUT2D eigenvalue weighted by molar-refractivity contribution is -0.0169. The van der Waals surface area contributed by atoms with Crippen LogP contribution in [-0.4, -0.2) is 79.3 Å². The largest absolute Gasteiger partial charge is 0.379 e. The van der Waals surface area contributed by atoms with Gasteiger partial charge in [0.2, 0.25) is 0 Å². The number of unbranched alkanes of at least 4 members (excludes halogenated alkanes) is 15. The van der Waals surface area contributed by atoms with E-state index < -0.39 is 0 Å². The van der Waals surface area contributed by atoms with Gasteiger partial charge >= 0.3 is 0 Å². The minimum absolute atomic E-state index is 0.583. The zero-order valence-corrected chi connectivity index (χ0v) is 25.0. The molecular weight excluding hydrogens is 468 g/mol. The number of ether oxygens (including phenoxy) is 6. The predicted molar refractivity (Wildman–Crippen MR) is 155 cm³/mol. The van der Waals surface area contributed by atoms with Gasteiger partial charge in [0.15, 0.2) is 0 Å². The van der Waals surface area contributed by atoms with Crippen LogP contribution in [0.25, 0.3) is 0 Å². The van der Waals surface area contributed by atoms with Crippen LogP contribution in [0.3, 0.4) is 0 Å². The van der Waals surface area contributed by atoms with E-state index in [2.05, 4.69) is 13.8 Å². The Balaban J connectivity index is 3.00. The Morgan fingerprint density at radius 1 is 0.216 bits per heavy atom. The van der Waals surface area contributed by atoms with E-state index in [4.69, 9.17) is 28.4 Å². The lowest BCUT2D eigenvalue weighted by Crippen LogP contribution is -2.14. The molecule has 0 bridgehead atoms. The fraction of sp³-hybridized carbons (Fsp3) is 1.00. The Hall–Kier alpha value is -0.240. The molecule has 0 saturated carbocycles. The van der Waals surface area contributed by atoms with Gasteiger partial charge in [0.05, 0.1) is 66.1 Å². The van der Waals surface area contributed by atoms with Gasteiger partial charge in [-0.25, -0.2) is 0 Å². The third-order valence-corrected chi connectivity index (χ3v) is 6.39. The van der Waals surface area contributed by atoms with Crippen molar-refractivity contribution in [1.29, 1.82) is 0 Å². The third-order valence-electron chi connectivity index (χ3n) is 6.39. The molecule has 0 radical (unpaired) electrons. The van der Waals surface area contributed by atoms with Crippen molar-refractivity contribution in [2.24, 2.45) is 0 Å². The van der Waals surface area contributed by atoms with E-state index in [1.807, 2.05) is 0 Å². The minimum Gasteiger partial charge on any atom is -0.379 e. The summed E-state index contributed by atoms with van der Waals surface area (Å²) in [6.07, 6.45) is 22.8. The molecule has 0 saturated heterocycles. The number of hydrogen-bond donors (Lipinski definition) is 0. The summed E-state index contributed by atoms with van der Waals surface area (Å²) < 4.78 is 33.3. The second-order valence-electron chi connectivity index (χ2n) is 9.98. The second kappa shape index (κ2) is 35.8. The zero-order valence-electron chi connectivity index (χ0n) is 25.0. The van der Waals surface area contributed by atoms with Gasteiger partial charge in [-0.2, -0.15) is 0 Å². The Morgan fingerprint density at radius 3 is 0.649 bits per heavy atom. The van der Waals surface area contributed by atoms with Crippen molar-refractivity contribution in [3.8, 4) is 0 Å². The average Bonchev–Trinajstić information content (AvgIpc) is 2.91. The number of rotatable bonds is 34. The Labute approximate surface area is 230 Å². The van der Waals surface area contributed by atoms with Crippen LogP contribution in [0, 0.1) is 0 Å².